The van der Waals surface area contributed by atoms with Gasteiger partial charge < -0.3 is 19.3 Å². The Morgan fingerprint density at radius 2 is 2.33 bits per heavy atom. The number of nitrogens with zero attached hydrogens (tertiary/aromatic N) is 2. The van der Waals surface area contributed by atoms with E-state index in [1.165, 1.54) is 18.1 Å². The highest BCUT2D eigenvalue weighted by Gasteiger charge is 2.36. The van der Waals surface area contributed by atoms with Gasteiger partial charge in [0.1, 0.15) is 12.6 Å². The Kier molecular flexibility index (Phi) is 4.95. The van der Waals surface area contributed by atoms with Crippen molar-refractivity contribution in [1.82, 2.24) is 10.1 Å². The number of piperidine rings is 1. The van der Waals surface area contributed by atoms with Crippen LogP contribution in [-0.4, -0.2) is 46.7 Å². The van der Waals surface area contributed by atoms with Crippen molar-refractivity contribution in [2.24, 2.45) is 5.92 Å². The van der Waals surface area contributed by atoms with E-state index < -0.39 is 17.9 Å². The predicted molar refractivity (Wildman–Crippen MR) is 72.7 cm³/mol. The molecule has 0 radical (unpaired) electrons. The summed E-state index contributed by atoms with van der Waals surface area (Å²) in [5.74, 6) is -0.585. The molecule has 2 rings (SSSR count). The van der Waals surface area contributed by atoms with E-state index in [9.17, 15) is 14.7 Å². The number of methoxy groups -OCH3 is 1. The quantitative estimate of drug-likeness (QED) is 0.886. The van der Waals surface area contributed by atoms with E-state index in [-0.39, 0.29) is 12.3 Å². The van der Waals surface area contributed by atoms with Gasteiger partial charge in [-0.2, -0.15) is 0 Å². The van der Waals surface area contributed by atoms with Crippen molar-refractivity contribution < 1.29 is 24.0 Å². The second kappa shape index (κ2) is 6.71. The van der Waals surface area contributed by atoms with Crippen molar-refractivity contribution >= 4 is 11.9 Å². The molecule has 0 aliphatic carbocycles. The van der Waals surface area contributed by atoms with Gasteiger partial charge in [-0.05, 0) is 18.8 Å². The zero-order chi connectivity index (χ0) is 15.4. The van der Waals surface area contributed by atoms with Gasteiger partial charge in [-0.3, -0.25) is 4.79 Å². The number of carboxylic acids is 1. The van der Waals surface area contributed by atoms with E-state index in [1.54, 1.807) is 0 Å². The third kappa shape index (κ3) is 3.41. The van der Waals surface area contributed by atoms with Crippen molar-refractivity contribution in [2.75, 3.05) is 13.7 Å². The molecule has 21 heavy (non-hydrogen) atoms. The molecule has 0 bridgehead atoms. The molecule has 1 aromatic rings. The normalized spacial score (nSPS) is 22.3. The molecule has 1 aliphatic rings. The summed E-state index contributed by atoms with van der Waals surface area (Å²) in [6.07, 6.45) is 2.23. The van der Waals surface area contributed by atoms with Crippen LogP contribution in [0.5, 0.6) is 0 Å². The standard InChI is InChI=1S/C14H20N2O5/c1-3-9-4-5-16(12(6-9)14(18)19)13(17)11-7-10(8-20-2)21-15-11/h7,9,12H,3-6,8H2,1-2H3,(H,18,19). The Hall–Kier alpha value is -1.89. The zero-order valence-corrected chi connectivity index (χ0v) is 12.2. The lowest BCUT2D eigenvalue weighted by Crippen LogP contribution is -2.50. The summed E-state index contributed by atoms with van der Waals surface area (Å²) in [6.45, 7) is 2.69. The molecule has 0 spiro atoms. The van der Waals surface area contributed by atoms with Gasteiger partial charge in [0, 0.05) is 19.7 Å². The van der Waals surface area contributed by atoms with Crippen molar-refractivity contribution in [1.29, 1.82) is 0 Å². The number of ether oxygens (including phenoxy) is 1. The summed E-state index contributed by atoms with van der Waals surface area (Å²) >= 11 is 0. The van der Waals surface area contributed by atoms with E-state index in [0.29, 0.717) is 24.6 Å². The number of rotatable bonds is 5. The highest BCUT2D eigenvalue weighted by Crippen LogP contribution is 2.27. The first-order valence-corrected chi connectivity index (χ1v) is 7.05. The molecule has 0 saturated carbocycles. The fraction of sp³-hybridized carbons (Fsp3) is 0.643. The molecule has 2 unspecified atom stereocenters. The number of amides is 1. The smallest absolute Gasteiger partial charge is 0.326 e. The summed E-state index contributed by atoms with van der Waals surface area (Å²) in [7, 11) is 1.51. The highest BCUT2D eigenvalue weighted by atomic mass is 16.5. The van der Waals surface area contributed by atoms with Crippen LogP contribution < -0.4 is 0 Å². The largest absolute Gasteiger partial charge is 0.480 e. The molecule has 1 amide bonds. The Morgan fingerprint density at radius 1 is 1.57 bits per heavy atom. The fourth-order valence-corrected chi connectivity index (χ4v) is 2.66. The Morgan fingerprint density at radius 3 is 2.95 bits per heavy atom. The first-order chi connectivity index (χ1) is 10.1. The number of aromatic nitrogens is 1. The molecule has 1 aliphatic heterocycles. The van der Waals surface area contributed by atoms with Crippen LogP contribution in [0.1, 0.15) is 42.4 Å². The molecular weight excluding hydrogens is 276 g/mol. The van der Waals surface area contributed by atoms with Crippen LogP contribution in [-0.2, 0) is 16.1 Å². The van der Waals surface area contributed by atoms with E-state index in [2.05, 4.69) is 5.16 Å². The number of hydrogen-bond acceptors (Lipinski definition) is 5. The van der Waals surface area contributed by atoms with Crippen molar-refractivity contribution in [3.8, 4) is 0 Å². The second-order valence-corrected chi connectivity index (χ2v) is 5.26. The van der Waals surface area contributed by atoms with Crippen LogP contribution in [0.25, 0.3) is 0 Å². The van der Waals surface area contributed by atoms with Crippen LogP contribution in [0, 0.1) is 5.92 Å². The highest BCUT2D eigenvalue weighted by molar-refractivity contribution is 5.95. The first-order valence-electron chi connectivity index (χ1n) is 7.05. The van der Waals surface area contributed by atoms with Gasteiger partial charge in [-0.15, -0.1) is 0 Å². The van der Waals surface area contributed by atoms with Crippen LogP contribution in [0.15, 0.2) is 10.6 Å². The molecule has 1 fully saturated rings. The Labute approximate surface area is 122 Å². The van der Waals surface area contributed by atoms with E-state index >= 15 is 0 Å². The summed E-state index contributed by atoms with van der Waals surface area (Å²) in [5.41, 5.74) is 0.128. The van der Waals surface area contributed by atoms with Gasteiger partial charge in [0.05, 0.1) is 0 Å². The number of aliphatic carboxylic acids is 1. The maximum absolute atomic E-state index is 12.4. The lowest BCUT2D eigenvalue weighted by molar-refractivity contribution is -0.144. The van der Waals surface area contributed by atoms with Gasteiger partial charge in [-0.1, -0.05) is 18.5 Å². The van der Waals surface area contributed by atoms with Crippen LogP contribution in [0.3, 0.4) is 0 Å². The van der Waals surface area contributed by atoms with Crippen LogP contribution in [0.4, 0.5) is 0 Å². The summed E-state index contributed by atoms with van der Waals surface area (Å²) in [5, 5.41) is 13.1. The average molecular weight is 296 g/mol. The van der Waals surface area contributed by atoms with Crippen LogP contribution >= 0.6 is 0 Å². The van der Waals surface area contributed by atoms with Gasteiger partial charge in [0.25, 0.3) is 5.91 Å². The molecule has 2 heterocycles. The van der Waals surface area contributed by atoms with Crippen LogP contribution in [0.2, 0.25) is 0 Å². The average Bonchev–Trinajstić information content (AvgIpc) is 2.94. The zero-order valence-electron chi connectivity index (χ0n) is 12.2. The van der Waals surface area contributed by atoms with E-state index in [0.717, 1.165) is 12.8 Å². The molecule has 7 heteroatoms. The van der Waals surface area contributed by atoms with Crippen molar-refractivity contribution in [2.45, 2.75) is 38.8 Å². The lowest BCUT2D eigenvalue weighted by atomic mass is 9.88. The summed E-state index contributed by atoms with van der Waals surface area (Å²) in [4.78, 5) is 25.2. The topological polar surface area (TPSA) is 92.9 Å². The molecule has 1 N–H and O–H groups in total. The van der Waals surface area contributed by atoms with E-state index in [1.807, 2.05) is 6.92 Å². The fourth-order valence-electron chi connectivity index (χ4n) is 2.66. The summed E-state index contributed by atoms with van der Waals surface area (Å²) < 4.78 is 9.89. The molecule has 1 aromatic heterocycles. The molecule has 2 atom stereocenters. The molecule has 1 saturated heterocycles. The second-order valence-electron chi connectivity index (χ2n) is 5.26. The van der Waals surface area contributed by atoms with Crippen molar-refractivity contribution in [3.05, 3.63) is 17.5 Å². The number of carbonyl (C=O) groups is 2. The maximum atomic E-state index is 12.4. The number of carbonyl (C=O) groups excluding carboxylic acids is 1. The summed E-state index contributed by atoms with van der Waals surface area (Å²) in [6, 6.07) is 0.704. The minimum absolute atomic E-state index is 0.128. The van der Waals surface area contributed by atoms with Gasteiger partial charge in [0.2, 0.25) is 0 Å². The number of hydrogen-bond donors (Lipinski definition) is 1. The molecular formula is C14H20N2O5. The lowest BCUT2D eigenvalue weighted by Gasteiger charge is -2.36. The first kappa shape index (κ1) is 15.5. The predicted octanol–water partition coefficient (Wildman–Crippen LogP) is 1.54. The molecule has 116 valence electrons. The number of likely N-dealkylation sites (tertiary alicyclic amines) is 1. The van der Waals surface area contributed by atoms with Gasteiger partial charge >= 0.3 is 5.97 Å². The SMILES string of the molecule is CCC1CCN(C(=O)c2cc(COC)on2)C(C(=O)O)C1. The van der Waals surface area contributed by atoms with Crippen molar-refractivity contribution in [3.63, 3.8) is 0 Å². The van der Waals surface area contributed by atoms with Gasteiger partial charge in [0.15, 0.2) is 11.5 Å². The maximum Gasteiger partial charge on any atom is 0.326 e. The van der Waals surface area contributed by atoms with Gasteiger partial charge in [-0.25, -0.2) is 4.79 Å². The minimum Gasteiger partial charge on any atom is -0.480 e. The molecule has 7 nitrogen and oxygen atoms in total. The number of carboxylic acid groups (broad SMARTS) is 1. The third-order valence-electron chi connectivity index (χ3n) is 3.90. The Bertz CT molecular complexity index is 513. The monoisotopic (exact) mass is 296 g/mol. The molecule has 0 aromatic carbocycles. The third-order valence-corrected chi connectivity index (χ3v) is 3.90. The Balaban J connectivity index is 2.13. The minimum atomic E-state index is -0.970. The van der Waals surface area contributed by atoms with E-state index in [4.69, 9.17) is 9.26 Å².